The SMILES string of the molecule is Cc1cn2c(CCC(=O)NCC(O)C(C)C)csc2n1. The largest absolute Gasteiger partial charge is 0.391 e. The van der Waals surface area contributed by atoms with E-state index in [1.54, 1.807) is 11.3 Å². The Kier molecular flexibility index (Phi) is 4.77. The van der Waals surface area contributed by atoms with Crippen LogP contribution in [0.4, 0.5) is 0 Å². The number of nitrogens with one attached hydrogen (secondary N) is 1. The third-order valence-electron chi connectivity index (χ3n) is 3.29. The van der Waals surface area contributed by atoms with Gasteiger partial charge in [-0.3, -0.25) is 9.20 Å². The molecule has 0 aliphatic rings. The summed E-state index contributed by atoms with van der Waals surface area (Å²) >= 11 is 1.59. The molecular formula is C14H21N3O2S. The molecule has 1 atom stereocenters. The number of aromatic nitrogens is 2. The van der Waals surface area contributed by atoms with E-state index in [0.717, 1.165) is 16.3 Å². The van der Waals surface area contributed by atoms with Gasteiger partial charge in [-0.05, 0) is 19.3 Å². The van der Waals surface area contributed by atoms with Crippen molar-refractivity contribution in [1.29, 1.82) is 0 Å². The molecule has 110 valence electrons. The minimum Gasteiger partial charge on any atom is -0.391 e. The lowest BCUT2D eigenvalue weighted by molar-refractivity contribution is -0.121. The van der Waals surface area contributed by atoms with Crippen LogP contribution in [0.2, 0.25) is 0 Å². The van der Waals surface area contributed by atoms with Gasteiger partial charge in [-0.15, -0.1) is 11.3 Å². The molecule has 0 aromatic carbocycles. The van der Waals surface area contributed by atoms with Gasteiger partial charge >= 0.3 is 0 Å². The molecule has 2 N–H and O–H groups in total. The molecule has 1 amide bonds. The van der Waals surface area contributed by atoms with Crippen LogP contribution in [0, 0.1) is 12.8 Å². The Balaban J connectivity index is 1.84. The first kappa shape index (κ1) is 15.0. The molecule has 5 nitrogen and oxygen atoms in total. The van der Waals surface area contributed by atoms with Crippen LogP contribution in [0.25, 0.3) is 4.96 Å². The zero-order valence-corrected chi connectivity index (χ0v) is 12.9. The molecule has 0 saturated heterocycles. The van der Waals surface area contributed by atoms with Crippen LogP contribution >= 0.6 is 11.3 Å². The molecule has 20 heavy (non-hydrogen) atoms. The number of amides is 1. The van der Waals surface area contributed by atoms with Gasteiger partial charge in [0.2, 0.25) is 5.91 Å². The summed E-state index contributed by atoms with van der Waals surface area (Å²) < 4.78 is 2.04. The van der Waals surface area contributed by atoms with Crippen molar-refractivity contribution in [2.24, 2.45) is 5.92 Å². The fourth-order valence-electron chi connectivity index (χ4n) is 1.91. The Morgan fingerprint density at radius 1 is 1.55 bits per heavy atom. The number of carbonyl (C=O) groups excluding carboxylic acids is 1. The predicted octanol–water partition coefficient (Wildman–Crippen LogP) is 1.77. The van der Waals surface area contributed by atoms with Crippen LogP contribution in [0.3, 0.4) is 0 Å². The second-order valence-electron chi connectivity index (χ2n) is 5.38. The summed E-state index contributed by atoms with van der Waals surface area (Å²) in [5.41, 5.74) is 2.09. The van der Waals surface area contributed by atoms with E-state index in [2.05, 4.69) is 10.3 Å². The quantitative estimate of drug-likeness (QED) is 0.853. The number of carbonyl (C=O) groups is 1. The highest BCUT2D eigenvalue weighted by Crippen LogP contribution is 2.17. The Bertz CT molecular complexity index is 588. The molecule has 2 aromatic heterocycles. The number of nitrogens with zero attached hydrogens (tertiary/aromatic N) is 2. The van der Waals surface area contributed by atoms with Crippen molar-refractivity contribution in [1.82, 2.24) is 14.7 Å². The zero-order chi connectivity index (χ0) is 14.7. The van der Waals surface area contributed by atoms with E-state index in [4.69, 9.17) is 0 Å². The first-order valence-corrected chi connectivity index (χ1v) is 7.72. The van der Waals surface area contributed by atoms with Crippen LogP contribution in [0.1, 0.15) is 31.7 Å². The average molecular weight is 295 g/mol. The van der Waals surface area contributed by atoms with E-state index in [1.165, 1.54) is 0 Å². The van der Waals surface area contributed by atoms with Gasteiger partial charge in [-0.2, -0.15) is 0 Å². The van der Waals surface area contributed by atoms with E-state index in [-0.39, 0.29) is 11.8 Å². The van der Waals surface area contributed by atoms with Crippen molar-refractivity contribution in [3.63, 3.8) is 0 Å². The van der Waals surface area contributed by atoms with Crippen LogP contribution in [-0.2, 0) is 11.2 Å². The van der Waals surface area contributed by atoms with Gasteiger partial charge in [0.25, 0.3) is 0 Å². The van der Waals surface area contributed by atoms with Gasteiger partial charge in [-0.25, -0.2) is 4.98 Å². The topological polar surface area (TPSA) is 66.6 Å². The van der Waals surface area contributed by atoms with Crippen molar-refractivity contribution in [2.45, 2.75) is 39.7 Å². The van der Waals surface area contributed by atoms with Gasteiger partial charge in [0.15, 0.2) is 4.96 Å². The first-order chi connectivity index (χ1) is 9.47. The molecule has 1 unspecified atom stereocenters. The second kappa shape index (κ2) is 6.37. The lowest BCUT2D eigenvalue weighted by Crippen LogP contribution is -2.34. The van der Waals surface area contributed by atoms with Crippen LogP contribution in [0.15, 0.2) is 11.6 Å². The molecule has 2 rings (SSSR count). The van der Waals surface area contributed by atoms with E-state index < -0.39 is 6.10 Å². The van der Waals surface area contributed by atoms with Crippen molar-refractivity contribution in [3.05, 3.63) is 23.0 Å². The van der Waals surface area contributed by atoms with Crippen molar-refractivity contribution in [3.8, 4) is 0 Å². The van der Waals surface area contributed by atoms with Crippen molar-refractivity contribution < 1.29 is 9.90 Å². The maximum atomic E-state index is 11.8. The highest BCUT2D eigenvalue weighted by molar-refractivity contribution is 7.15. The molecule has 2 aromatic rings. The van der Waals surface area contributed by atoms with E-state index in [9.17, 15) is 9.90 Å². The number of aliphatic hydroxyl groups excluding tert-OH is 1. The van der Waals surface area contributed by atoms with Crippen LogP contribution < -0.4 is 5.32 Å². The minimum absolute atomic E-state index is 0.0270. The molecule has 0 aliphatic heterocycles. The fourth-order valence-corrected chi connectivity index (χ4v) is 2.86. The Hall–Kier alpha value is -1.40. The highest BCUT2D eigenvalue weighted by Gasteiger charge is 2.12. The van der Waals surface area contributed by atoms with Crippen molar-refractivity contribution in [2.75, 3.05) is 6.54 Å². The highest BCUT2D eigenvalue weighted by atomic mass is 32.1. The number of aliphatic hydroxyl groups is 1. The smallest absolute Gasteiger partial charge is 0.220 e. The standard InChI is InChI=1S/C14H21N3O2S/c1-9(2)12(18)6-15-13(19)5-4-11-8-20-14-16-10(3)7-17(11)14/h7-9,12,18H,4-6H2,1-3H3,(H,15,19). The summed E-state index contributed by atoms with van der Waals surface area (Å²) in [5.74, 6) is 0.126. The Morgan fingerprint density at radius 2 is 2.30 bits per heavy atom. The second-order valence-corrected chi connectivity index (χ2v) is 6.21. The van der Waals surface area contributed by atoms with E-state index in [0.29, 0.717) is 19.4 Å². The normalized spacial score (nSPS) is 13.1. The fraction of sp³-hybridized carbons (Fsp3) is 0.571. The first-order valence-electron chi connectivity index (χ1n) is 6.84. The molecule has 0 fully saturated rings. The maximum absolute atomic E-state index is 11.8. The average Bonchev–Trinajstić information content (AvgIpc) is 2.92. The van der Waals surface area contributed by atoms with E-state index >= 15 is 0 Å². The number of hydrogen-bond acceptors (Lipinski definition) is 4. The number of fused-ring (bicyclic) bond motifs is 1. The monoisotopic (exact) mass is 295 g/mol. The van der Waals surface area contributed by atoms with Gasteiger partial charge in [0.1, 0.15) is 0 Å². The molecule has 0 aliphatic carbocycles. The summed E-state index contributed by atoms with van der Waals surface area (Å²) in [6.07, 6.45) is 2.61. The van der Waals surface area contributed by atoms with Crippen LogP contribution in [0.5, 0.6) is 0 Å². The summed E-state index contributed by atoms with van der Waals surface area (Å²) in [6.45, 7) is 6.14. The predicted molar refractivity (Wildman–Crippen MR) is 80.0 cm³/mol. The summed E-state index contributed by atoms with van der Waals surface area (Å²) in [5, 5.41) is 14.5. The number of hydrogen-bond donors (Lipinski definition) is 2. The maximum Gasteiger partial charge on any atom is 0.220 e. The summed E-state index contributed by atoms with van der Waals surface area (Å²) in [7, 11) is 0. The Labute approximate surface area is 122 Å². The number of rotatable bonds is 6. The number of aryl methyl sites for hydroxylation is 2. The third kappa shape index (κ3) is 3.58. The zero-order valence-electron chi connectivity index (χ0n) is 12.1. The lowest BCUT2D eigenvalue weighted by atomic mass is 10.1. The summed E-state index contributed by atoms with van der Waals surface area (Å²) in [4.78, 5) is 17.1. The summed E-state index contributed by atoms with van der Waals surface area (Å²) in [6, 6.07) is 0. The molecule has 0 radical (unpaired) electrons. The number of thiazole rings is 1. The van der Waals surface area contributed by atoms with Crippen LogP contribution in [-0.4, -0.2) is 33.0 Å². The molecule has 2 heterocycles. The molecule has 0 saturated carbocycles. The number of imidazole rings is 1. The van der Waals surface area contributed by atoms with Gasteiger partial charge in [-0.1, -0.05) is 13.8 Å². The van der Waals surface area contributed by atoms with Gasteiger partial charge in [0, 0.05) is 30.2 Å². The Morgan fingerprint density at radius 3 is 3.00 bits per heavy atom. The molecule has 0 bridgehead atoms. The molecule has 6 heteroatoms. The molecular weight excluding hydrogens is 274 g/mol. The van der Waals surface area contributed by atoms with Crippen molar-refractivity contribution >= 4 is 22.2 Å². The van der Waals surface area contributed by atoms with E-state index in [1.807, 2.05) is 36.7 Å². The molecule has 0 spiro atoms. The lowest BCUT2D eigenvalue weighted by Gasteiger charge is -2.14. The minimum atomic E-state index is -0.483. The van der Waals surface area contributed by atoms with Gasteiger partial charge in [0.05, 0.1) is 11.8 Å². The third-order valence-corrected chi connectivity index (χ3v) is 4.18. The van der Waals surface area contributed by atoms with Gasteiger partial charge < -0.3 is 10.4 Å².